The van der Waals surface area contributed by atoms with E-state index in [4.69, 9.17) is 0 Å². The van der Waals surface area contributed by atoms with Crippen LogP contribution in [0.3, 0.4) is 0 Å². The van der Waals surface area contributed by atoms with E-state index in [-0.39, 0.29) is 37.0 Å². The van der Waals surface area contributed by atoms with Gasteiger partial charge in [-0.15, -0.1) is 0 Å². The molecule has 1 aromatic carbocycles. The first-order valence-corrected chi connectivity index (χ1v) is 8.56. The van der Waals surface area contributed by atoms with Crippen molar-refractivity contribution < 1.29 is 19.2 Å². The van der Waals surface area contributed by atoms with Crippen LogP contribution in [0.5, 0.6) is 0 Å². The van der Waals surface area contributed by atoms with Gasteiger partial charge in [0, 0.05) is 24.7 Å². The van der Waals surface area contributed by atoms with Gasteiger partial charge in [0.1, 0.15) is 0 Å². The zero-order valence-corrected chi connectivity index (χ0v) is 14.9. The maximum Gasteiger partial charge on any atom is 0.307 e. The van der Waals surface area contributed by atoms with E-state index in [0.29, 0.717) is 12.1 Å². The highest BCUT2D eigenvalue weighted by Crippen LogP contribution is 2.19. The smallest absolute Gasteiger partial charge is 0.307 e. The van der Waals surface area contributed by atoms with Crippen LogP contribution in [0.2, 0.25) is 0 Å². The summed E-state index contributed by atoms with van der Waals surface area (Å²) in [6.07, 6.45) is 4.09. The van der Waals surface area contributed by atoms with Gasteiger partial charge in [0.25, 0.3) is 5.69 Å². The molecule has 0 radical (unpaired) electrons. The van der Waals surface area contributed by atoms with Crippen molar-refractivity contribution in [1.82, 2.24) is 4.90 Å². The topological polar surface area (TPSA) is 89.8 Å². The molecule has 0 spiro atoms. The van der Waals surface area contributed by atoms with Crippen molar-refractivity contribution in [2.45, 2.75) is 45.4 Å². The summed E-state index contributed by atoms with van der Waals surface area (Å²) in [4.78, 5) is 36.2. The molecule has 0 N–H and O–H groups in total. The maximum atomic E-state index is 12.6. The Bertz CT molecular complexity index is 589. The molecule has 0 aliphatic heterocycles. The van der Waals surface area contributed by atoms with Gasteiger partial charge in [0.15, 0.2) is 0 Å². The zero-order chi connectivity index (χ0) is 18.7. The lowest BCUT2D eigenvalue weighted by molar-refractivity contribution is -0.385. The molecule has 0 aliphatic carbocycles. The lowest BCUT2D eigenvalue weighted by Crippen LogP contribution is -2.35. The van der Waals surface area contributed by atoms with Gasteiger partial charge in [0.2, 0.25) is 5.91 Å². The number of nitrogens with zero attached hydrogens (tertiary/aromatic N) is 2. The fraction of sp³-hybridized carbons (Fsp3) is 0.556. The van der Waals surface area contributed by atoms with Crippen molar-refractivity contribution in [3.63, 3.8) is 0 Å². The van der Waals surface area contributed by atoms with Crippen LogP contribution in [0.4, 0.5) is 5.69 Å². The van der Waals surface area contributed by atoms with Crippen molar-refractivity contribution in [2.24, 2.45) is 0 Å². The molecular weight excluding hydrogens is 324 g/mol. The van der Waals surface area contributed by atoms with Crippen LogP contribution in [-0.4, -0.2) is 41.9 Å². The molecule has 138 valence electrons. The minimum atomic E-state index is -0.483. The molecule has 7 heteroatoms. The number of unbranched alkanes of at least 4 members (excludes halogenated alkanes) is 3. The van der Waals surface area contributed by atoms with Crippen LogP contribution in [0.25, 0.3) is 0 Å². The Morgan fingerprint density at radius 2 is 1.88 bits per heavy atom. The minimum Gasteiger partial charge on any atom is -0.469 e. The number of benzene rings is 1. The summed E-state index contributed by atoms with van der Waals surface area (Å²) in [5, 5.41) is 11.1. The molecule has 25 heavy (non-hydrogen) atoms. The van der Waals surface area contributed by atoms with E-state index in [1.807, 2.05) is 0 Å². The second-order valence-electron chi connectivity index (χ2n) is 5.83. The zero-order valence-electron chi connectivity index (χ0n) is 14.9. The first-order valence-electron chi connectivity index (χ1n) is 8.56. The third-order valence-electron chi connectivity index (χ3n) is 3.98. The summed E-state index contributed by atoms with van der Waals surface area (Å²) in [5.74, 6) is -0.591. The molecule has 0 saturated carbocycles. The average molecular weight is 350 g/mol. The lowest BCUT2D eigenvalue weighted by Gasteiger charge is -2.22. The van der Waals surface area contributed by atoms with Gasteiger partial charge in [-0.05, 0) is 6.42 Å². The molecule has 1 amide bonds. The molecular formula is C18H26N2O5. The fourth-order valence-electron chi connectivity index (χ4n) is 2.53. The Hall–Kier alpha value is -2.44. The molecule has 1 aromatic rings. The number of para-hydroxylation sites is 1. The number of carbonyl (C=O) groups is 2. The molecule has 0 atom stereocenters. The number of ether oxygens (including phenoxy) is 1. The van der Waals surface area contributed by atoms with Gasteiger partial charge in [0.05, 0.1) is 24.9 Å². The third-order valence-corrected chi connectivity index (χ3v) is 3.98. The van der Waals surface area contributed by atoms with E-state index in [0.717, 1.165) is 25.7 Å². The van der Waals surface area contributed by atoms with Crippen molar-refractivity contribution in [2.75, 3.05) is 20.2 Å². The number of methoxy groups -OCH3 is 1. The molecule has 0 fully saturated rings. The maximum absolute atomic E-state index is 12.6. The quantitative estimate of drug-likeness (QED) is 0.265. The van der Waals surface area contributed by atoms with Crippen LogP contribution in [0.1, 0.15) is 44.6 Å². The first kappa shape index (κ1) is 20.6. The number of hydrogen-bond donors (Lipinski definition) is 0. The Labute approximate surface area is 148 Å². The lowest BCUT2D eigenvalue weighted by atomic mass is 10.1. The van der Waals surface area contributed by atoms with Gasteiger partial charge in [-0.25, -0.2) is 0 Å². The molecule has 0 aliphatic rings. The van der Waals surface area contributed by atoms with Crippen molar-refractivity contribution in [1.29, 1.82) is 0 Å². The van der Waals surface area contributed by atoms with E-state index < -0.39 is 4.92 Å². The summed E-state index contributed by atoms with van der Waals surface area (Å²) in [6.45, 7) is 2.91. The van der Waals surface area contributed by atoms with E-state index in [1.165, 1.54) is 13.2 Å². The van der Waals surface area contributed by atoms with E-state index in [1.54, 1.807) is 23.1 Å². The number of carbonyl (C=O) groups excluding carboxylic acids is 2. The van der Waals surface area contributed by atoms with Gasteiger partial charge in [-0.2, -0.15) is 0 Å². The van der Waals surface area contributed by atoms with Gasteiger partial charge in [-0.3, -0.25) is 19.7 Å². The Morgan fingerprint density at radius 3 is 2.52 bits per heavy atom. The van der Waals surface area contributed by atoms with E-state index in [9.17, 15) is 19.7 Å². The largest absolute Gasteiger partial charge is 0.469 e. The second kappa shape index (κ2) is 11.2. The van der Waals surface area contributed by atoms with Crippen molar-refractivity contribution in [3.8, 4) is 0 Å². The highest BCUT2D eigenvalue weighted by molar-refractivity contribution is 5.80. The van der Waals surface area contributed by atoms with Crippen molar-refractivity contribution in [3.05, 3.63) is 39.9 Å². The summed E-state index contributed by atoms with van der Waals surface area (Å²) >= 11 is 0. The highest BCUT2D eigenvalue weighted by Gasteiger charge is 2.20. The number of hydrogen-bond acceptors (Lipinski definition) is 5. The standard InChI is InChI=1S/C18H26N2O5/c1-3-4-5-8-12-19(13-11-18(22)25-2)17(21)14-15-9-6-7-10-16(15)20(23)24/h6-7,9-10H,3-5,8,11-14H2,1-2H3. The number of esters is 1. The SMILES string of the molecule is CCCCCCN(CCC(=O)OC)C(=O)Cc1ccccc1[N+](=O)[O-]. The highest BCUT2D eigenvalue weighted by atomic mass is 16.6. The Kier molecular flexibility index (Phi) is 9.21. The van der Waals surface area contributed by atoms with Crippen LogP contribution >= 0.6 is 0 Å². The Morgan fingerprint density at radius 1 is 1.16 bits per heavy atom. The normalized spacial score (nSPS) is 10.3. The number of rotatable bonds is 11. The molecule has 1 rings (SSSR count). The molecule has 0 bridgehead atoms. The van der Waals surface area contributed by atoms with Crippen LogP contribution < -0.4 is 0 Å². The average Bonchev–Trinajstić information content (AvgIpc) is 2.60. The predicted octanol–water partition coefficient (Wildman–Crippen LogP) is 3.11. The Balaban J connectivity index is 2.76. The van der Waals surface area contributed by atoms with Gasteiger partial charge < -0.3 is 9.64 Å². The minimum absolute atomic E-state index is 0.0495. The number of amides is 1. The fourth-order valence-corrected chi connectivity index (χ4v) is 2.53. The molecule has 0 saturated heterocycles. The predicted molar refractivity (Wildman–Crippen MR) is 94.2 cm³/mol. The molecule has 0 heterocycles. The summed E-state index contributed by atoms with van der Waals surface area (Å²) in [5.41, 5.74) is 0.323. The van der Waals surface area contributed by atoms with Crippen LogP contribution in [-0.2, 0) is 20.7 Å². The summed E-state index contributed by atoms with van der Waals surface area (Å²) < 4.78 is 4.63. The number of nitro benzene ring substituents is 1. The second-order valence-corrected chi connectivity index (χ2v) is 5.83. The van der Waals surface area contributed by atoms with E-state index in [2.05, 4.69) is 11.7 Å². The summed E-state index contributed by atoms with van der Waals surface area (Å²) in [6, 6.07) is 6.23. The van der Waals surface area contributed by atoms with E-state index >= 15 is 0 Å². The number of nitro groups is 1. The molecule has 0 unspecified atom stereocenters. The van der Waals surface area contributed by atoms with Crippen LogP contribution in [0.15, 0.2) is 24.3 Å². The molecule has 0 aromatic heterocycles. The van der Waals surface area contributed by atoms with Crippen molar-refractivity contribution >= 4 is 17.6 Å². The summed E-state index contributed by atoms with van der Waals surface area (Å²) in [7, 11) is 1.31. The van der Waals surface area contributed by atoms with Gasteiger partial charge in [-0.1, -0.05) is 44.4 Å². The third kappa shape index (κ3) is 7.32. The first-order chi connectivity index (χ1) is 12.0. The van der Waals surface area contributed by atoms with Gasteiger partial charge >= 0.3 is 5.97 Å². The monoisotopic (exact) mass is 350 g/mol. The molecule has 7 nitrogen and oxygen atoms in total. The van der Waals surface area contributed by atoms with Crippen LogP contribution in [0, 0.1) is 10.1 Å².